The second-order valence-electron chi connectivity index (χ2n) is 8.93. The summed E-state index contributed by atoms with van der Waals surface area (Å²) in [4.78, 5) is 11.1. The lowest BCUT2D eigenvalue weighted by atomic mass is 9.98. The van der Waals surface area contributed by atoms with Crippen molar-refractivity contribution < 1.29 is 19.0 Å². The van der Waals surface area contributed by atoms with E-state index in [1.54, 1.807) is 6.07 Å². The quantitative estimate of drug-likeness (QED) is 0.206. The fraction of sp³-hybridized carbons (Fsp3) is 0.667. The Bertz CT molecular complexity index is 683. The Morgan fingerprint density at radius 3 is 1.94 bits per heavy atom. The molecule has 1 unspecified atom stereocenters. The maximum absolute atomic E-state index is 14.4. The summed E-state index contributed by atoms with van der Waals surface area (Å²) in [5.41, 5.74) is 1.57. The number of aryl methyl sites for hydroxylation is 1. The normalized spacial score (nSPS) is 14.5. The van der Waals surface area contributed by atoms with Crippen LogP contribution in [0.5, 0.6) is 0 Å². The van der Waals surface area contributed by atoms with Crippen LogP contribution in [0.15, 0.2) is 29.8 Å². The van der Waals surface area contributed by atoms with Crippen LogP contribution in [0.1, 0.15) is 114 Å². The molecular weight excluding hydrogens is 391 g/mol. The number of aliphatic hydroxyl groups is 1. The van der Waals surface area contributed by atoms with Gasteiger partial charge >= 0.3 is 5.97 Å². The zero-order chi connectivity index (χ0) is 22.3. The van der Waals surface area contributed by atoms with E-state index in [9.17, 15) is 14.3 Å². The molecular formula is C27H41FO3. The van der Waals surface area contributed by atoms with Crippen molar-refractivity contribution in [1.82, 2.24) is 0 Å². The van der Waals surface area contributed by atoms with Crippen LogP contribution in [0.3, 0.4) is 0 Å². The molecule has 0 spiro atoms. The first kappa shape index (κ1) is 25.6. The molecule has 0 aromatic heterocycles. The third kappa shape index (κ3) is 9.99. The molecule has 3 nitrogen and oxygen atoms in total. The molecule has 4 heteroatoms. The molecule has 1 aromatic rings. The van der Waals surface area contributed by atoms with E-state index in [1.807, 2.05) is 6.07 Å². The number of carbonyl (C=O) groups is 1. The van der Waals surface area contributed by atoms with Crippen molar-refractivity contribution in [3.05, 3.63) is 46.8 Å². The smallest absolute Gasteiger partial charge is 0.331 e. The summed E-state index contributed by atoms with van der Waals surface area (Å²) in [6, 6.07) is 5.02. The highest BCUT2D eigenvalue weighted by Crippen LogP contribution is 2.27. The number of aliphatic hydroxyl groups excluding tert-OH is 1. The minimum absolute atomic E-state index is 0.0280. The molecule has 1 aliphatic heterocycles. The first-order chi connectivity index (χ1) is 15.1. The van der Waals surface area contributed by atoms with Crippen LogP contribution in [0.4, 0.5) is 4.39 Å². The van der Waals surface area contributed by atoms with Crippen LogP contribution in [-0.2, 0) is 16.0 Å². The molecule has 0 amide bonds. The molecule has 1 atom stereocenters. The number of hydrogen-bond acceptors (Lipinski definition) is 3. The Hall–Kier alpha value is -1.68. The molecule has 1 N–H and O–H groups in total. The Kier molecular flexibility index (Phi) is 12.5. The average molecular weight is 433 g/mol. The Morgan fingerprint density at radius 1 is 0.903 bits per heavy atom. The van der Waals surface area contributed by atoms with Gasteiger partial charge in [0.15, 0.2) is 0 Å². The second-order valence-corrected chi connectivity index (χ2v) is 8.93. The van der Waals surface area contributed by atoms with Gasteiger partial charge in [0.25, 0.3) is 0 Å². The van der Waals surface area contributed by atoms with E-state index in [-0.39, 0.29) is 12.2 Å². The zero-order valence-electron chi connectivity index (χ0n) is 19.3. The average Bonchev–Trinajstić information content (AvgIpc) is 3.20. The molecule has 1 aliphatic rings. The molecule has 0 aliphatic carbocycles. The molecule has 2 rings (SSSR count). The Balaban J connectivity index is 1.51. The third-order valence-corrected chi connectivity index (χ3v) is 6.21. The largest absolute Gasteiger partial charge is 0.458 e. The van der Waals surface area contributed by atoms with Gasteiger partial charge in [0.05, 0.1) is 0 Å². The SMILES string of the molecule is CCCCCCCCCCCCCCCCc1ccc(C(O)C2=CC(=O)OC2)c(F)c1. The van der Waals surface area contributed by atoms with E-state index in [2.05, 4.69) is 6.92 Å². The lowest BCUT2D eigenvalue weighted by molar-refractivity contribution is -0.135. The summed E-state index contributed by atoms with van der Waals surface area (Å²) in [6.45, 7) is 2.29. The minimum Gasteiger partial charge on any atom is -0.458 e. The fourth-order valence-corrected chi connectivity index (χ4v) is 4.22. The van der Waals surface area contributed by atoms with E-state index in [0.29, 0.717) is 5.57 Å². The van der Waals surface area contributed by atoms with E-state index < -0.39 is 17.9 Å². The van der Waals surface area contributed by atoms with Gasteiger partial charge < -0.3 is 9.84 Å². The van der Waals surface area contributed by atoms with Gasteiger partial charge in [0.2, 0.25) is 0 Å². The highest BCUT2D eigenvalue weighted by Gasteiger charge is 2.23. The zero-order valence-corrected chi connectivity index (χ0v) is 19.3. The van der Waals surface area contributed by atoms with Crippen LogP contribution in [-0.4, -0.2) is 17.7 Å². The predicted octanol–water partition coefficient (Wildman–Crippen LogP) is 7.37. The first-order valence-electron chi connectivity index (χ1n) is 12.5. The van der Waals surface area contributed by atoms with Crippen LogP contribution in [0, 0.1) is 5.82 Å². The summed E-state index contributed by atoms with van der Waals surface area (Å²) in [5.74, 6) is -0.903. The lowest BCUT2D eigenvalue weighted by Gasteiger charge is -2.13. The molecule has 0 saturated heterocycles. The van der Waals surface area contributed by atoms with Gasteiger partial charge in [-0.2, -0.15) is 0 Å². The fourth-order valence-electron chi connectivity index (χ4n) is 4.22. The molecule has 1 heterocycles. The first-order valence-corrected chi connectivity index (χ1v) is 12.5. The van der Waals surface area contributed by atoms with Crippen molar-refractivity contribution in [2.45, 2.75) is 109 Å². The van der Waals surface area contributed by atoms with Crippen molar-refractivity contribution >= 4 is 5.97 Å². The molecule has 0 saturated carbocycles. The van der Waals surface area contributed by atoms with E-state index in [4.69, 9.17) is 4.74 Å². The van der Waals surface area contributed by atoms with Crippen LogP contribution in [0.2, 0.25) is 0 Å². The van der Waals surface area contributed by atoms with Crippen molar-refractivity contribution in [3.63, 3.8) is 0 Å². The molecule has 0 bridgehead atoms. The van der Waals surface area contributed by atoms with Crippen LogP contribution >= 0.6 is 0 Å². The van der Waals surface area contributed by atoms with E-state index >= 15 is 0 Å². The number of halogens is 1. The number of carbonyl (C=O) groups excluding carboxylic acids is 1. The summed E-state index contributed by atoms with van der Waals surface area (Å²) in [5, 5.41) is 10.3. The van der Waals surface area contributed by atoms with Crippen molar-refractivity contribution in [2.24, 2.45) is 0 Å². The molecule has 0 radical (unpaired) electrons. The summed E-state index contributed by atoms with van der Waals surface area (Å²) in [6.07, 6.45) is 19.6. The van der Waals surface area contributed by atoms with Crippen LogP contribution < -0.4 is 0 Å². The number of benzene rings is 1. The summed E-state index contributed by atoms with van der Waals surface area (Å²) in [7, 11) is 0. The lowest BCUT2D eigenvalue weighted by Crippen LogP contribution is -2.06. The van der Waals surface area contributed by atoms with Crippen molar-refractivity contribution in [1.29, 1.82) is 0 Å². The van der Waals surface area contributed by atoms with Gasteiger partial charge in [0.1, 0.15) is 18.5 Å². The van der Waals surface area contributed by atoms with Gasteiger partial charge in [-0.25, -0.2) is 9.18 Å². The second kappa shape index (κ2) is 15.2. The number of ether oxygens (including phenoxy) is 1. The van der Waals surface area contributed by atoms with E-state index in [0.717, 1.165) is 18.4 Å². The summed E-state index contributed by atoms with van der Waals surface area (Å²) >= 11 is 0. The van der Waals surface area contributed by atoms with Crippen molar-refractivity contribution in [2.75, 3.05) is 6.61 Å². The maximum Gasteiger partial charge on any atom is 0.331 e. The van der Waals surface area contributed by atoms with Gasteiger partial charge in [-0.3, -0.25) is 0 Å². The van der Waals surface area contributed by atoms with Crippen LogP contribution in [0.25, 0.3) is 0 Å². The number of rotatable bonds is 17. The van der Waals surface area contributed by atoms with Gasteiger partial charge in [-0.1, -0.05) is 103 Å². The summed E-state index contributed by atoms with van der Waals surface area (Å²) < 4.78 is 19.2. The topological polar surface area (TPSA) is 46.5 Å². The number of esters is 1. The number of cyclic esters (lactones) is 1. The van der Waals surface area contributed by atoms with Gasteiger partial charge in [-0.05, 0) is 24.5 Å². The maximum atomic E-state index is 14.4. The minimum atomic E-state index is -1.12. The van der Waals surface area contributed by atoms with Gasteiger partial charge in [0, 0.05) is 17.2 Å². The standard InChI is InChI=1S/C27H41FO3/c1-2-3-4-5-6-7-8-9-10-11-12-13-14-15-16-22-17-18-24(25(28)19-22)27(30)23-20-26(29)31-21-23/h17-20,27,30H,2-16,21H2,1H3. The molecule has 31 heavy (non-hydrogen) atoms. The number of unbranched alkanes of at least 4 members (excludes halogenated alkanes) is 13. The Morgan fingerprint density at radius 2 is 1.45 bits per heavy atom. The molecule has 0 fully saturated rings. The molecule has 174 valence electrons. The van der Waals surface area contributed by atoms with Gasteiger partial charge in [-0.15, -0.1) is 0 Å². The molecule has 1 aromatic carbocycles. The van der Waals surface area contributed by atoms with Crippen molar-refractivity contribution in [3.8, 4) is 0 Å². The number of hydrogen-bond donors (Lipinski definition) is 1. The monoisotopic (exact) mass is 432 g/mol. The highest BCUT2D eigenvalue weighted by atomic mass is 19.1. The predicted molar refractivity (Wildman–Crippen MR) is 124 cm³/mol. The third-order valence-electron chi connectivity index (χ3n) is 6.21. The highest BCUT2D eigenvalue weighted by molar-refractivity contribution is 5.85. The Labute approximate surface area is 188 Å². The van der Waals surface area contributed by atoms with E-state index in [1.165, 1.54) is 95.6 Å².